The SMILES string of the molecule is Cc1ccccc1C(CI)OCC1CCC1. The molecule has 1 aromatic rings. The standard InChI is InChI=1S/C14H19IO/c1-11-5-2-3-8-13(11)14(9-15)16-10-12-6-4-7-12/h2-3,5,8,12,14H,4,6-7,9-10H2,1H3. The zero-order valence-electron chi connectivity index (χ0n) is 9.79. The predicted octanol–water partition coefficient (Wildman–Crippen LogP) is 4.29. The molecule has 2 heteroatoms. The van der Waals surface area contributed by atoms with Crippen LogP contribution in [0.3, 0.4) is 0 Å². The lowest BCUT2D eigenvalue weighted by Crippen LogP contribution is -2.20. The second-order valence-electron chi connectivity index (χ2n) is 4.63. The number of rotatable bonds is 5. The smallest absolute Gasteiger partial charge is 0.0916 e. The van der Waals surface area contributed by atoms with E-state index in [1.54, 1.807) is 0 Å². The van der Waals surface area contributed by atoms with E-state index < -0.39 is 0 Å². The fourth-order valence-electron chi connectivity index (χ4n) is 2.08. The molecule has 1 aromatic carbocycles. The fraction of sp³-hybridized carbons (Fsp3) is 0.571. The van der Waals surface area contributed by atoms with Crippen molar-refractivity contribution in [2.24, 2.45) is 5.92 Å². The van der Waals surface area contributed by atoms with Gasteiger partial charge in [0, 0.05) is 4.43 Å². The van der Waals surface area contributed by atoms with Gasteiger partial charge in [0.05, 0.1) is 12.7 Å². The highest BCUT2D eigenvalue weighted by molar-refractivity contribution is 14.1. The zero-order chi connectivity index (χ0) is 11.4. The molecule has 0 radical (unpaired) electrons. The molecular weight excluding hydrogens is 311 g/mol. The van der Waals surface area contributed by atoms with Gasteiger partial charge in [-0.2, -0.15) is 0 Å². The summed E-state index contributed by atoms with van der Waals surface area (Å²) in [6.45, 7) is 3.11. The summed E-state index contributed by atoms with van der Waals surface area (Å²) in [7, 11) is 0. The van der Waals surface area contributed by atoms with Crippen molar-refractivity contribution >= 4 is 22.6 Å². The summed E-state index contributed by atoms with van der Waals surface area (Å²) in [6.07, 6.45) is 4.40. The number of hydrogen-bond donors (Lipinski definition) is 0. The lowest BCUT2D eigenvalue weighted by molar-refractivity contribution is 0.0230. The fourth-order valence-corrected chi connectivity index (χ4v) is 2.81. The Balaban J connectivity index is 1.95. The van der Waals surface area contributed by atoms with Crippen molar-refractivity contribution < 1.29 is 4.74 Å². The quantitative estimate of drug-likeness (QED) is 0.578. The number of aryl methyl sites for hydroxylation is 1. The third kappa shape index (κ3) is 2.98. The van der Waals surface area contributed by atoms with Crippen LogP contribution in [-0.2, 0) is 4.74 Å². The van der Waals surface area contributed by atoms with Gasteiger partial charge < -0.3 is 4.74 Å². The first-order chi connectivity index (χ1) is 7.81. The van der Waals surface area contributed by atoms with Gasteiger partial charge >= 0.3 is 0 Å². The van der Waals surface area contributed by atoms with Gasteiger partial charge in [0.1, 0.15) is 0 Å². The van der Waals surface area contributed by atoms with Gasteiger partial charge in [-0.25, -0.2) is 0 Å². The Morgan fingerprint density at radius 3 is 2.69 bits per heavy atom. The van der Waals surface area contributed by atoms with Gasteiger partial charge in [-0.1, -0.05) is 53.3 Å². The van der Waals surface area contributed by atoms with Crippen LogP contribution in [0.1, 0.15) is 36.5 Å². The van der Waals surface area contributed by atoms with Crippen LogP contribution < -0.4 is 0 Å². The van der Waals surface area contributed by atoms with Crippen LogP contribution in [-0.4, -0.2) is 11.0 Å². The van der Waals surface area contributed by atoms with Crippen LogP contribution in [0.2, 0.25) is 0 Å². The van der Waals surface area contributed by atoms with Crippen LogP contribution in [0.15, 0.2) is 24.3 Å². The third-order valence-corrected chi connectivity index (χ3v) is 4.23. The van der Waals surface area contributed by atoms with Crippen molar-refractivity contribution in [3.8, 4) is 0 Å². The minimum absolute atomic E-state index is 0.280. The van der Waals surface area contributed by atoms with Crippen molar-refractivity contribution in [3.05, 3.63) is 35.4 Å². The topological polar surface area (TPSA) is 9.23 Å². The van der Waals surface area contributed by atoms with E-state index >= 15 is 0 Å². The first kappa shape index (κ1) is 12.4. The molecule has 1 unspecified atom stereocenters. The van der Waals surface area contributed by atoms with E-state index in [0.717, 1.165) is 17.0 Å². The Morgan fingerprint density at radius 1 is 1.38 bits per heavy atom. The van der Waals surface area contributed by atoms with E-state index in [9.17, 15) is 0 Å². The maximum absolute atomic E-state index is 6.05. The monoisotopic (exact) mass is 330 g/mol. The molecule has 1 aliphatic rings. The molecule has 1 atom stereocenters. The lowest BCUT2D eigenvalue weighted by atomic mass is 9.86. The Morgan fingerprint density at radius 2 is 2.12 bits per heavy atom. The van der Waals surface area contributed by atoms with E-state index in [1.165, 1.54) is 30.4 Å². The molecule has 1 fully saturated rings. The van der Waals surface area contributed by atoms with Gasteiger partial charge in [0.2, 0.25) is 0 Å². The highest BCUT2D eigenvalue weighted by atomic mass is 127. The van der Waals surface area contributed by atoms with Crippen molar-refractivity contribution in [2.75, 3.05) is 11.0 Å². The molecule has 0 bridgehead atoms. The molecule has 16 heavy (non-hydrogen) atoms. The second kappa shape index (κ2) is 6.01. The van der Waals surface area contributed by atoms with Crippen LogP contribution in [0.25, 0.3) is 0 Å². The first-order valence-corrected chi connectivity index (χ1v) is 7.57. The molecule has 1 saturated carbocycles. The molecule has 0 saturated heterocycles. The molecule has 0 heterocycles. The predicted molar refractivity (Wildman–Crippen MR) is 76.1 cm³/mol. The molecule has 1 nitrogen and oxygen atoms in total. The molecule has 0 aromatic heterocycles. The molecule has 0 aliphatic heterocycles. The Kier molecular flexibility index (Phi) is 4.65. The van der Waals surface area contributed by atoms with E-state index in [2.05, 4.69) is 53.8 Å². The van der Waals surface area contributed by atoms with Crippen LogP contribution >= 0.6 is 22.6 Å². The Bertz CT molecular complexity index is 333. The van der Waals surface area contributed by atoms with Gasteiger partial charge in [-0.15, -0.1) is 0 Å². The van der Waals surface area contributed by atoms with Crippen molar-refractivity contribution in [2.45, 2.75) is 32.3 Å². The lowest BCUT2D eigenvalue weighted by Gasteiger charge is -2.27. The Labute approximate surface area is 112 Å². The molecule has 0 amide bonds. The number of alkyl halides is 1. The van der Waals surface area contributed by atoms with Crippen molar-refractivity contribution in [1.29, 1.82) is 0 Å². The molecule has 0 N–H and O–H groups in total. The van der Waals surface area contributed by atoms with E-state index in [4.69, 9.17) is 4.74 Å². The van der Waals surface area contributed by atoms with Gasteiger partial charge in [0.15, 0.2) is 0 Å². The molecule has 2 rings (SSSR count). The van der Waals surface area contributed by atoms with Crippen LogP contribution in [0.4, 0.5) is 0 Å². The summed E-state index contributed by atoms with van der Waals surface area (Å²) >= 11 is 2.42. The number of halogens is 1. The minimum atomic E-state index is 0.280. The summed E-state index contributed by atoms with van der Waals surface area (Å²) in [5.74, 6) is 0.828. The summed E-state index contributed by atoms with van der Waals surface area (Å²) in [6, 6.07) is 8.56. The summed E-state index contributed by atoms with van der Waals surface area (Å²) in [5, 5.41) is 0. The average molecular weight is 330 g/mol. The molecule has 0 spiro atoms. The van der Waals surface area contributed by atoms with Crippen LogP contribution in [0.5, 0.6) is 0 Å². The maximum atomic E-state index is 6.05. The van der Waals surface area contributed by atoms with Crippen LogP contribution in [0, 0.1) is 12.8 Å². The number of benzene rings is 1. The molecule has 1 aliphatic carbocycles. The summed E-state index contributed by atoms with van der Waals surface area (Å²) < 4.78 is 7.09. The van der Waals surface area contributed by atoms with E-state index in [1.807, 2.05) is 0 Å². The highest BCUT2D eigenvalue weighted by Gasteiger charge is 2.20. The van der Waals surface area contributed by atoms with Crippen molar-refractivity contribution in [3.63, 3.8) is 0 Å². The maximum Gasteiger partial charge on any atom is 0.0916 e. The summed E-state index contributed by atoms with van der Waals surface area (Å²) in [5.41, 5.74) is 2.70. The van der Waals surface area contributed by atoms with Gasteiger partial charge in [-0.3, -0.25) is 0 Å². The highest BCUT2D eigenvalue weighted by Crippen LogP contribution is 2.30. The largest absolute Gasteiger partial charge is 0.372 e. The normalized spacial score (nSPS) is 18.1. The average Bonchev–Trinajstić information content (AvgIpc) is 2.23. The van der Waals surface area contributed by atoms with Gasteiger partial charge in [0.25, 0.3) is 0 Å². The minimum Gasteiger partial charge on any atom is -0.372 e. The van der Waals surface area contributed by atoms with E-state index in [-0.39, 0.29) is 6.10 Å². The number of ether oxygens (including phenoxy) is 1. The Hall–Kier alpha value is -0.0900. The second-order valence-corrected chi connectivity index (χ2v) is 5.51. The third-order valence-electron chi connectivity index (χ3n) is 3.43. The van der Waals surface area contributed by atoms with Crippen molar-refractivity contribution in [1.82, 2.24) is 0 Å². The molecular formula is C14H19IO. The zero-order valence-corrected chi connectivity index (χ0v) is 11.9. The number of hydrogen-bond acceptors (Lipinski definition) is 1. The first-order valence-electron chi connectivity index (χ1n) is 6.04. The van der Waals surface area contributed by atoms with E-state index in [0.29, 0.717) is 0 Å². The van der Waals surface area contributed by atoms with Gasteiger partial charge in [-0.05, 0) is 36.8 Å². The summed E-state index contributed by atoms with van der Waals surface area (Å²) in [4.78, 5) is 0. The molecule has 88 valence electrons.